The minimum Gasteiger partial charge on any atom is -0.462 e. The van der Waals surface area contributed by atoms with Gasteiger partial charge < -0.3 is 4.74 Å². The second-order valence-corrected chi connectivity index (χ2v) is 12.4. The predicted molar refractivity (Wildman–Crippen MR) is 135 cm³/mol. The lowest BCUT2D eigenvalue weighted by Gasteiger charge is -2.50. The van der Waals surface area contributed by atoms with E-state index in [0.29, 0.717) is 5.41 Å². The zero-order valence-electron chi connectivity index (χ0n) is 22.1. The second-order valence-electron chi connectivity index (χ2n) is 12.4. The molecule has 3 fully saturated rings. The number of ether oxygens (including phenoxy) is 1. The van der Waals surface area contributed by atoms with E-state index in [-0.39, 0.29) is 12.1 Å². The lowest BCUT2D eigenvalue weighted by Crippen LogP contribution is -2.42. The molecule has 0 heterocycles. The summed E-state index contributed by atoms with van der Waals surface area (Å²) in [6.07, 6.45) is 19.7. The molecule has 2 heteroatoms. The first-order valence-corrected chi connectivity index (χ1v) is 14.1. The van der Waals surface area contributed by atoms with Crippen LogP contribution in [0.5, 0.6) is 0 Å². The summed E-state index contributed by atoms with van der Waals surface area (Å²) in [6.45, 7) is 13.9. The summed E-state index contributed by atoms with van der Waals surface area (Å²) in [5.41, 5.74) is 2.11. The topological polar surface area (TPSA) is 26.3 Å². The zero-order chi connectivity index (χ0) is 23.3. The van der Waals surface area contributed by atoms with Gasteiger partial charge in [-0.3, -0.25) is 4.79 Å². The molecular formula is C30H52O2. The highest BCUT2D eigenvalue weighted by Gasteiger charge is 2.53. The summed E-state index contributed by atoms with van der Waals surface area (Å²) in [5, 5.41) is 0. The molecule has 184 valence electrons. The number of hydrogen-bond donors (Lipinski definition) is 0. The normalized spacial score (nSPS) is 37.5. The first-order chi connectivity index (χ1) is 15.2. The molecule has 0 aromatic rings. The van der Waals surface area contributed by atoms with Crippen LogP contribution in [-0.2, 0) is 9.53 Å². The van der Waals surface area contributed by atoms with Crippen LogP contribution in [0.15, 0.2) is 11.6 Å². The van der Waals surface area contributed by atoms with Crippen molar-refractivity contribution in [2.24, 2.45) is 40.9 Å². The van der Waals surface area contributed by atoms with Gasteiger partial charge in [-0.25, -0.2) is 0 Å². The molecule has 3 aliphatic rings. The van der Waals surface area contributed by atoms with Gasteiger partial charge in [-0.05, 0) is 92.3 Å². The van der Waals surface area contributed by atoms with Crippen molar-refractivity contribution in [1.82, 2.24) is 0 Å². The number of fused-ring (bicyclic) bond motifs is 1. The molecule has 3 rings (SSSR count). The summed E-state index contributed by atoms with van der Waals surface area (Å²) in [4.78, 5) is 11.4. The van der Waals surface area contributed by atoms with Crippen molar-refractivity contribution >= 4 is 5.97 Å². The Morgan fingerprint density at radius 1 is 1.16 bits per heavy atom. The van der Waals surface area contributed by atoms with Crippen molar-refractivity contribution < 1.29 is 9.53 Å². The molecule has 0 aromatic heterocycles. The molecule has 0 aliphatic heterocycles. The summed E-state index contributed by atoms with van der Waals surface area (Å²) in [7, 11) is 0. The first-order valence-electron chi connectivity index (χ1n) is 14.1. The van der Waals surface area contributed by atoms with Crippen molar-refractivity contribution in [3.8, 4) is 0 Å². The van der Waals surface area contributed by atoms with E-state index in [2.05, 4.69) is 40.7 Å². The summed E-state index contributed by atoms with van der Waals surface area (Å²) in [5.74, 6) is 5.18. The SMILES string of the molecule is CCC1CC[C@]2(C)C(C(C)CCCC(C)C)CCC2C1C/C=C1\CCCC(OC(C)=O)C1. The molecule has 0 saturated heterocycles. The third-order valence-electron chi connectivity index (χ3n) is 9.84. The van der Waals surface area contributed by atoms with Crippen LogP contribution in [0.25, 0.3) is 0 Å². The van der Waals surface area contributed by atoms with E-state index in [0.717, 1.165) is 48.3 Å². The minimum absolute atomic E-state index is 0.119. The molecule has 2 nitrogen and oxygen atoms in total. The molecule has 3 aliphatic carbocycles. The van der Waals surface area contributed by atoms with Crippen molar-refractivity contribution in [3.63, 3.8) is 0 Å². The van der Waals surface area contributed by atoms with Gasteiger partial charge in [0.25, 0.3) is 0 Å². The van der Waals surface area contributed by atoms with Crippen LogP contribution in [0.3, 0.4) is 0 Å². The maximum Gasteiger partial charge on any atom is 0.302 e. The molecule has 6 unspecified atom stereocenters. The van der Waals surface area contributed by atoms with Crippen molar-refractivity contribution in [2.45, 2.75) is 131 Å². The van der Waals surface area contributed by atoms with Crippen LogP contribution in [-0.4, -0.2) is 12.1 Å². The Morgan fingerprint density at radius 2 is 1.94 bits per heavy atom. The van der Waals surface area contributed by atoms with E-state index in [4.69, 9.17) is 4.74 Å². The van der Waals surface area contributed by atoms with Gasteiger partial charge in [0.05, 0.1) is 0 Å². The zero-order valence-corrected chi connectivity index (χ0v) is 22.1. The number of hydrogen-bond acceptors (Lipinski definition) is 2. The third-order valence-corrected chi connectivity index (χ3v) is 9.84. The lowest BCUT2D eigenvalue weighted by molar-refractivity contribution is -0.147. The molecular weight excluding hydrogens is 392 g/mol. The molecule has 32 heavy (non-hydrogen) atoms. The van der Waals surface area contributed by atoms with Crippen LogP contribution in [0.1, 0.15) is 125 Å². The van der Waals surface area contributed by atoms with Gasteiger partial charge in [0.15, 0.2) is 0 Å². The first kappa shape index (κ1) is 25.8. The molecule has 0 amide bonds. The molecule has 0 N–H and O–H groups in total. The highest BCUT2D eigenvalue weighted by atomic mass is 16.5. The molecule has 0 aromatic carbocycles. The Balaban J connectivity index is 1.66. The number of rotatable bonds is 9. The summed E-state index contributed by atoms with van der Waals surface area (Å²) < 4.78 is 5.55. The van der Waals surface area contributed by atoms with Gasteiger partial charge >= 0.3 is 5.97 Å². The average Bonchev–Trinajstić information content (AvgIpc) is 3.08. The standard InChI is InChI=1S/C30H52O2/c1-7-25-18-19-30(6)28(22(4)11-8-10-21(2)3)16-17-29(30)27(25)15-14-24-12-9-13-26(20-24)32-23(5)31/h14,21-22,25-29H,7-13,15-20H2,1-6H3/b24-14+/t22?,25?,26?,27?,28?,29?,30-/m1/s1. The monoisotopic (exact) mass is 444 g/mol. The van der Waals surface area contributed by atoms with Gasteiger partial charge in [0.1, 0.15) is 6.10 Å². The average molecular weight is 445 g/mol. The van der Waals surface area contributed by atoms with Crippen LogP contribution in [0, 0.1) is 40.9 Å². The largest absolute Gasteiger partial charge is 0.462 e. The fourth-order valence-corrected chi connectivity index (χ4v) is 8.13. The van der Waals surface area contributed by atoms with Crippen LogP contribution >= 0.6 is 0 Å². The molecule has 3 saturated carbocycles. The molecule has 7 atom stereocenters. The van der Waals surface area contributed by atoms with E-state index < -0.39 is 0 Å². The number of carbonyl (C=O) groups excluding carboxylic acids is 1. The fraction of sp³-hybridized carbons (Fsp3) is 0.900. The number of allylic oxidation sites excluding steroid dienone is 1. The Morgan fingerprint density at radius 3 is 2.62 bits per heavy atom. The highest BCUT2D eigenvalue weighted by molar-refractivity contribution is 5.66. The Hall–Kier alpha value is -0.790. The van der Waals surface area contributed by atoms with E-state index in [1.54, 1.807) is 12.5 Å². The number of esters is 1. The van der Waals surface area contributed by atoms with E-state index >= 15 is 0 Å². The number of carbonyl (C=O) groups is 1. The van der Waals surface area contributed by atoms with Gasteiger partial charge in [0.2, 0.25) is 0 Å². The van der Waals surface area contributed by atoms with Crippen molar-refractivity contribution in [3.05, 3.63) is 11.6 Å². The Kier molecular flexibility index (Phi) is 9.33. The van der Waals surface area contributed by atoms with E-state index in [1.807, 2.05) is 0 Å². The van der Waals surface area contributed by atoms with Crippen LogP contribution in [0.2, 0.25) is 0 Å². The minimum atomic E-state index is -0.121. The quantitative estimate of drug-likeness (QED) is 0.262. The van der Waals surface area contributed by atoms with Crippen molar-refractivity contribution in [1.29, 1.82) is 0 Å². The van der Waals surface area contributed by atoms with E-state index in [1.165, 1.54) is 70.6 Å². The maximum atomic E-state index is 11.4. The Bertz CT molecular complexity index is 635. The van der Waals surface area contributed by atoms with Crippen LogP contribution in [0.4, 0.5) is 0 Å². The summed E-state index contributed by atoms with van der Waals surface area (Å²) in [6, 6.07) is 0. The molecule has 0 spiro atoms. The lowest BCUT2D eigenvalue weighted by atomic mass is 9.55. The molecule has 0 radical (unpaired) electrons. The van der Waals surface area contributed by atoms with Gasteiger partial charge in [-0.15, -0.1) is 0 Å². The van der Waals surface area contributed by atoms with Gasteiger partial charge in [0, 0.05) is 13.3 Å². The second kappa shape index (κ2) is 11.6. The van der Waals surface area contributed by atoms with Gasteiger partial charge in [-0.2, -0.15) is 0 Å². The van der Waals surface area contributed by atoms with Crippen LogP contribution < -0.4 is 0 Å². The Labute approximate surface area is 199 Å². The predicted octanol–water partition coefficient (Wildman–Crippen LogP) is 8.74. The van der Waals surface area contributed by atoms with E-state index in [9.17, 15) is 4.79 Å². The summed E-state index contributed by atoms with van der Waals surface area (Å²) >= 11 is 0. The third kappa shape index (κ3) is 6.20. The highest BCUT2D eigenvalue weighted by Crippen LogP contribution is 2.62. The maximum absolute atomic E-state index is 11.4. The molecule has 0 bridgehead atoms. The van der Waals surface area contributed by atoms with Crippen molar-refractivity contribution in [2.75, 3.05) is 0 Å². The smallest absolute Gasteiger partial charge is 0.302 e. The van der Waals surface area contributed by atoms with Gasteiger partial charge in [-0.1, -0.05) is 72.0 Å². The fourth-order valence-electron chi connectivity index (χ4n) is 8.13.